The van der Waals surface area contributed by atoms with Crippen molar-refractivity contribution in [2.75, 3.05) is 19.8 Å². The number of rotatable bonds is 0. The van der Waals surface area contributed by atoms with Gasteiger partial charge < -0.3 is 15.4 Å². The highest BCUT2D eigenvalue weighted by molar-refractivity contribution is 5.78. The molecule has 0 aromatic heterocycles. The van der Waals surface area contributed by atoms with Crippen molar-refractivity contribution in [1.82, 2.24) is 10.6 Å². The summed E-state index contributed by atoms with van der Waals surface area (Å²) in [6, 6.07) is 0.479. The van der Waals surface area contributed by atoms with E-state index in [1.807, 2.05) is 0 Å². The zero-order valence-corrected chi connectivity index (χ0v) is 7.22. The maximum atomic E-state index is 11.1. The molecule has 68 valence electrons. The minimum Gasteiger partial charge on any atom is -0.369 e. The maximum absolute atomic E-state index is 11.1. The summed E-state index contributed by atoms with van der Waals surface area (Å²) in [6.45, 7) is 3.82. The van der Waals surface area contributed by atoms with Gasteiger partial charge in [-0.2, -0.15) is 0 Å². The van der Waals surface area contributed by atoms with E-state index in [4.69, 9.17) is 4.74 Å². The van der Waals surface area contributed by atoms with Crippen molar-refractivity contribution in [3.8, 4) is 0 Å². The second-order valence-electron chi connectivity index (χ2n) is 3.81. The Hall–Kier alpha value is -0.610. The van der Waals surface area contributed by atoms with Gasteiger partial charge in [0.25, 0.3) is 0 Å². The number of hydrogen-bond acceptors (Lipinski definition) is 3. The van der Waals surface area contributed by atoms with E-state index in [1.54, 1.807) is 0 Å². The number of morpholine rings is 1. The average Bonchev–Trinajstić information content (AvgIpc) is 2.32. The average molecular weight is 170 g/mol. The monoisotopic (exact) mass is 170 g/mol. The van der Waals surface area contributed by atoms with E-state index >= 15 is 0 Å². The fourth-order valence-electron chi connectivity index (χ4n) is 2.01. The van der Waals surface area contributed by atoms with Crippen LogP contribution in [-0.2, 0) is 9.53 Å². The van der Waals surface area contributed by atoms with E-state index in [0.717, 1.165) is 13.0 Å². The molecule has 2 N–H and O–H groups in total. The summed E-state index contributed by atoms with van der Waals surface area (Å²) in [5.74, 6) is 0.0113. The van der Waals surface area contributed by atoms with Gasteiger partial charge in [0.2, 0.25) is 5.91 Å². The molecule has 2 fully saturated rings. The van der Waals surface area contributed by atoms with Crippen molar-refractivity contribution in [3.63, 3.8) is 0 Å². The lowest BCUT2D eigenvalue weighted by atomic mass is 9.96. The predicted octanol–water partition coefficient (Wildman–Crippen LogP) is -0.747. The maximum Gasteiger partial charge on any atom is 0.246 e. The van der Waals surface area contributed by atoms with Crippen LogP contribution in [0.1, 0.15) is 13.3 Å². The topological polar surface area (TPSA) is 50.4 Å². The van der Waals surface area contributed by atoms with E-state index in [2.05, 4.69) is 17.6 Å². The first-order valence-electron chi connectivity index (χ1n) is 4.32. The number of carbonyl (C=O) groups excluding carboxylic acids is 1. The van der Waals surface area contributed by atoms with Crippen LogP contribution in [0.4, 0.5) is 0 Å². The van der Waals surface area contributed by atoms with Crippen molar-refractivity contribution >= 4 is 5.91 Å². The molecule has 2 rings (SSSR count). The summed E-state index contributed by atoms with van der Waals surface area (Å²) in [4.78, 5) is 11.1. The lowest BCUT2D eigenvalue weighted by molar-refractivity contribution is -0.134. The molecule has 0 aromatic rings. The van der Waals surface area contributed by atoms with Crippen LogP contribution in [0.25, 0.3) is 0 Å². The van der Waals surface area contributed by atoms with E-state index < -0.39 is 0 Å². The van der Waals surface area contributed by atoms with E-state index in [9.17, 15) is 4.79 Å². The highest BCUT2D eigenvalue weighted by Gasteiger charge is 2.41. The molecule has 2 atom stereocenters. The number of ether oxygens (including phenoxy) is 1. The van der Waals surface area contributed by atoms with Crippen LogP contribution in [0, 0.1) is 0 Å². The van der Waals surface area contributed by atoms with Crippen molar-refractivity contribution in [3.05, 3.63) is 0 Å². The molecule has 12 heavy (non-hydrogen) atoms. The molecule has 2 unspecified atom stereocenters. The Balaban J connectivity index is 2.05. The summed E-state index contributed by atoms with van der Waals surface area (Å²) in [5.41, 5.74) is -0.116. The molecule has 0 radical (unpaired) electrons. The van der Waals surface area contributed by atoms with Gasteiger partial charge in [-0.15, -0.1) is 0 Å². The Labute approximate surface area is 71.7 Å². The third kappa shape index (κ3) is 1.32. The summed E-state index contributed by atoms with van der Waals surface area (Å²) < 4.78 is 5.22. The fraction of sp³-hybridized carbons (Fsp3) is 0.875. The fourth-order valence-corrected chi connectivity index (χ4v) is 2.01. The van der Waals surface area contributed by atoms with Gasteiger partial charge in [0.1, 0.15) is 6.61 Å². The van der Waals surface area contributed by atoms with E-state index in [0.29, 0.717) is 12.6 Å². The van der Waals surface area contributed by atoms with Gasteiger partial charge in [0, 0.05) is 12.6 Å². The van der Waals surface area contributed by atoms with Gasteiger partial charge in [-0.3, -0.25) is 4.79 Å². The van der Waals surface area contributed by atoms with Crippen molar-refractivity contribution in [2.45, 2.75) is 24.9 Å². The zero-order chi connectivity index (χ0) is 8.60. The predicted molar refractivity (Wildman–Crippen MR) is 43.8 cm³/mol. The highest BCUT2D eigenvalue weighted by atomic mass is 16.5. The van der Waals surface area contributed by atoms with Crippen LogP contribution in [0.2, 0.25) is 0 Å². The number of amides is 1. The standard InChI is InChI=1S/C8H14N2O2/c1-6-2-8(4-9-6)5-12-3-7(11)10-8/h6,9H,2-5H2,1H3,(H,10,11). The molecule has 0 aromatic carbocycles. The normalized spacial score (nSPS) is 41.8. The molecule has 2 saturated heterocycles. The Morgan fingerprint density at radius 2 is 2.50 bits per heavy atom. The molecule has 0 saturated carbocycles. The molecule has 0 aliphatic carbocycles. The minimum atomic E-state index is -0.116. The smallest absolute Gasteiger partial charge is 0.246 e. The van der Waals surface area contributed by atoms with Crippen LogP contribution in [0.15, 0.2) is 0 Å². The van der Waals surface area contributed by atoms with Crippen LogP contribution in [-0.4, -0.2) is 37.2 Å². The molecule has 2 heterocycles. The number of nitrogens with one attached hydrogen (secondary N) is 2. The second-order valence-corrected chi connectivity index (χ2v) is 3.81. The molecule has 1 spiro atoms. The Morgan fingerprint density at radius 3 is 3.08 bits per heavy atom. The van der Waals surface area contributed by atoms with Crippen LogP contribution >= 0.6 is 0 Å². The van der Waals surface area contributed by atoms with Gasteiger partial charge in [-0.25, -0.2) is 0 Å². The first-order chi connectivity index (χ1) is 5.70. The summed E-state index contributed by atoms with van der Waals surface area (Å²) >= 11 is 0. The Bertz CT molecular complexity index is 203. The third-order valence-electron chi connectivity index (χ3n) is 2.50. The van der Waals surface area contributed by atoms with Crippen LogP contribution < -0.4 is 10.6 Å². The minimum absolute atomic E-state index is 0.0113. The molecule has 4 nitrogen and oxygen atoms in total. The summed E-state index contributed by atoms with van der Waals surface area (Å²) in [6.07, 6.45) is 0.971. The van der Waals surface area contributed by atoms with E-state index in [-0.39, 0.29) is 18.1 Å². The third-order valence-corrected chi connectivity index (χ3v) is 2.50. The highest BCUT2D eigenvalue weighted by Crippen LogP contribution is 2.21. The lowest BCUT2D eigenvalue weighted by Gasteiger charge is -2.33. The van der Waals surface area contributed by atoms with Gasteiger partial charge in [-0.1, -0.05) is 0 Å². The van der Waals surface area contributed by atoms with Gasteiger partial charge in [0.05, 0.1) is 12.1 Å². The van der Waals surface area contributed by atoms with E-state index in [1.165, 1.54) is 0 Å². The van der Waals surface area contributed by atoms with Crippen molar-refractivity contribution in [2.24, 2.45) is 0 Å². The molecule has 1 amide bonds. The molecular formula is C8H14N2O2. The first kappa shape index (κ1) is 8.01. The second kappa shape index (κ2) is 2.71. The molecule has 4 heteroatoms. The Kier molecular flexibility index (Phi) is 1.81. The largest absolute Gasteiger partial charge is 0.369 e. The van der Waals surface area contributed by atoms with Gasteiger partial charge in [0.15, 0.2) is 0 Å². The summed E-state index contributed by atoms with van der Waals surface area (Å²) in [5, 5.41) is 6.30. The number of carbonyl (C=O) groups is 1. The van der Waals surface area contributed by atoms with Gasteiger partial charge >= 0.3 is 0 Å². The Morgan fingerprint density at radius 1 is 1.67 bits per heavy atom. The van der Waals surface area contributed by atoms with Crippen LogP contribution in [0.5, 0.6) is 0 Å². The summed E-state index contributed by atoms with van der Waals surface area (Å²) in [7, 11) is 0. The van der Waals surface area contributed by atoms with Gasteiger partial charge in [-0.05, 0) is 13.3 Å². The lowest BCUT2D eigenvalue weighted by Crippen LogP contribution is -2.58. The molecule has 2 aliphatic rings. The van der Waals surface area contributed by atoms with Crippen LogP contribution in [0.3, 0.4) is 0 Å². The first-order valence-corrected chi connectivity index (χ1v) is 4.32. The SMILES string of the molecule is CC1CC2(CN1)COCC(=O)N2. The molecule has 0 bridgehead atoms. The molecular weight excluding hydrogens is 156 g/mol. The van der Waals surface area contributed by atoms with Crippen molar-refractivity contribution < 1.29 is 9.53 Å². The molecule has 2 aliphatic heterocycles. The quantitative estimate of drug-likeness (QED) is 0.503. The number of hydrogen-bond donors (Lipinski definition) is 2. The van der Waals surface area contributed by atoms with Crippen molar-refractivity contribution in [1.29, 1.82) is 0 Å². The zero-order valence-electron chi connectivity index (χ0n) is 7.22.